The second-order valence-electron chi connectivity index (χ2n) is 10.4. The van der Waals surface area contributed by atoms with Crippen LogP contribution in [0.25, 0.3) is 0 Å². The summed E-state index contributed by atoms with van der Waals surface area (Å²) in [5.74, 6) is -3.78. The Balaban J connectivity index is 2.22. The predicted octanol–water partition coefficient (Wildman–Crippen LogP) is -6.10. The van der Waals surface area contributed by atoms with E-state index in [4.69, 9.17) is 29.8 Å². The van der Waals surface area contributed by atoms with Gasteiger partial charge in [-0.2, -0.15) is 0 Å². The molecule has 2 aliphatic rings. The number of hydrogen-bond donors (Lipinski definition) is 10. The molecule has 19 heteroatoms. The molecule has 2 rings (SSSR count). The Bertz CT molecular complexity index is 973. The molecule has 2 aliphatic heterocycles. The monoisotopic (exact) mass is 625 g/mol. The van der Waals surface area contributed by atoms with E-state index in [1.807, 2.05) is 0 Å². The van der Waals surface area contributed by atoms with Gasteiger partial charge in [0.2, 0.25) is 17.7 Å². The largest absolute Gasteiger partial charge is 0.480 e. The number of aliphatic carboxylic acids is 1. The Morgan fingerprint density at radius 1 is 0.814 bits per heavy atom. The molecule has 0 aromatic rings. The Kier molecular flexibility index (Phi) is 13.6. The van der Waals surface area contributed by atoms with E-state index in [9.17, 15) is 49.8 Å². The smallest absolute Gasteiger partial charge is 0.325 e. The van der Waals surface area contributed by atoms with E-state index < -0.39 is 122 Å². The van der Waals surface area contributed by atoms with Crippen molar-refractivity contribution in [1.82, 2.24) is 21.7 Å². The van der Waals surface area contributed by atoms with E-state index in [2.05, 4.69) is 16.0 Å². The summed E-state index contributed by atoms with van der Waals surface area (Å²) in [5.41, 5.74) is 8.29. The first-order chi connectivity index (χ1) is 20.0. The number of ether oxygens (including phenoxy) is 4. The van der Waals surface area contributed by atoms with Gasteiger partial charge in [0.05, 0.1) is 19.3 Å². The molecular formula is C24H41N4O15. The zero-order chi connectivity index (χ0) is 32.8. The van der Waals surface area contributed by atoms with Gasteiger partial charge in [0.1, 0.15) is 66.9 Å². The Morgan fingerprint density at radius 2 is 1.35 bits per heavy atom. The predicted molar refractivity (Wildman–Crippen MR) is 138 cm³/mol. The van der Waals surface area contributed by atoms with Crippen molar-refractivity contribution >= 4 is 23.7 Å². The van der Waals surface area contributed by atoms with Gasteiger partial charge >= 0.3 is 5.97 Å². The summed E-state index contributed by atoms with van der Waals surface area (Å²) in [6.07, 6.45) is -16.1. The van der Waals surface area contributed by atoms with Crippen molar-refractivity contribution in [2.75, 3.05) is 13.2 Å². The molecule has 14 atom stereocenters. The summed E-state index contributed by atoms with van der Waals surface area (Å²) in [4.78, 5) is 47.9. The number of carboxylic acids is 1. The molecule has 2 saturated heterocycles. The standard InChI is InChI=1S/C24H41N4O15/c1-7(20(36)27-8(2)22(38)39)26-21(37)13(25)9(3)40-23-14(28-10(4)31)19(16(33)12(6-30)41-23)43-24-18(35)17(34)15(32)11(5-29)42-24/h7-9,11-19,23-25,29-30,32-35H,5-6H2,1-4H3,(H,26,37)(H,27,36)(H,28,31)(H,38,39)/t7-,8-,9?,11?,12?,13-,14?,15-,16-,17-,18?,19+,23+,24-/m0/s1. The fourth-order valence-corrected chi connectivity index (χ4v) is 4.34. The van der Waals surface area contributed by atoms with Gasteiger partial charge in [0, 0.05) is 6.92 Å². The lowest BCUT2D eigenvalue weighted by Gasteiger charge is -2.47. The first-order valence-corrected chi connectivity index (χ1v) is 13.4. The molecule has 247 valence electrons. The highest BCUT2D eigenvalue weighted by atomic mass is 16.7. The van der Waals surface area contributed by atoms with Crippen molar-refractivity contribution in [3.05, 3.63) is 0 Å². The van der Waals surface area contributed by atoms with Crippen LogP contribution in [0.3, 0.4) is 0 Å². The van der Waals surface area contributed by atoms with Gasteiger partial charge in [0.15, 0.2) is 12.6 Å². The Hall–Kier alpha value is -2.56. The summed E-state index contributed by atoms with van der Waals surface area (Å²) in [5, 5.41) is 76.5. The van der Waals surface area contributed by atoms with Crippen LogP contribution in [0.15, 0.2) is 0 Å². The van der Waals surface area contributed by atoms with E-state index in [-0.39, 0.29) is 0 Å². The molecule has 0 spiro atoms. The molecule has 43 heavy (non-hydrogen) atoms. The van der Waals surface area contributed by atoms with Crippen LogP contribution in [0.1, 0.15) is 27.7 Å². The van der Waals surface area contributed by atoms with Gasteiger partial charge in [-0.3, -0.25) is 19.2 Å². The van der Waals surface area contributed by atoms with Crippen molar-refractivity contribution in [2.24, 2.45) is 0 Å². The number of carbonyl (C=O) groups excluding carboxylic acids is 3. The van der Waals surface area contributed by atoms with E-state index in [1.54, 1.807) is 0 Å². The van der Waals surface area contributed by atoms with Crippen LogP contribution in [0.2, 0.25) is 0 Å². The number of carbonyl (C=O) groups is 4. The quantitative estimate of drug-likeness (QED) is 0.0910. The first-order valence-electron chi connectivity index (χ1n) is 13.4. The lowest BCUT2D eigenvalue weighted by Crippen LogP contribution is -2.68. The number of amides is 3. The number of carboxylic acid groups (broad SMARTS) is 1. The van der Waals surface area contributed by atoms with Gasteiger partial charge in [-0.15, -0.1) is 0 Å². The SMILES string of the molecule is CC(=O)NC1[C@H](OC(C)[C@H]([NH])C(=O)N[C@@H](C)C(=O)N[C@@H](C)C(=O)O)OC(CO)[C@H](O)[C@@H]1O[C@@H]1OC(CO)[C@H](O)[C@H](O)C1O. The van der Waals surface area contributed by atoms with Crippen molar-refractivity contribution < 1.29 is 73.9 Å². The minimum Gasteiger partial charge on any atom is -0.480 e. The molecular weight excluding hydrogens is 584 g/mol. The fraction of sp³-hybridized carbons (Fsp3) is 0.833. The molecule has 3 amide bonds. The second-order valence-corrected chi connectivity index (χ2v) is 10.4. The van der Waals surface area contributed by atoms with Gasteiger partial charge in [0.25, 0.3) is 0 Å². The summed E-state index contributed by atoms with van der Waals surface area (Å²) >= 11 is 0. The number of rotatable bonds is 13. The van der Waals surface area contributed by atoms with Crippen LogP contribution < -0.4 is 21.7 Å². The Labute approximate surface area is 246 Å². The number of hydrogen-bond acceptors (Lipinski definition) is 14. The molecule has 19 nitrogen and oxygen atoms in total. The van der Waals surface area contributed by atoms with E-state index >= 15 is 0 Å². The molecule has 1 radical (unpaired) electrons. The number of nitrogens with one attached hydrogen (secondary N) is 4. The van der Waals surface area contributed by atoms with Crippen molar-refractivity contribution in [3.63, 3.8) is 0 Å². The second kappa shape index (κ2) is 16.0. The average Bonchev–Trinajstić information content (AvgIpc) is 2.94. The van der Waals surface area contributed by atoms with E-state index in [0.29, 0.717) is 0 Å². The maximum absolute atomic E-state index is 12.7. The van der Waals surface area contributed by atoms with Crippen LogP contribution in [-0.4, -0.2) is 158 Å². The first kappa shape index (κ1) is 36.6. The maximum Gasteiger partial charge on any atom is 0.325 e. The van der Waals surface area contributed by atoms with E-state index in [0.717, 1.165) is 6.92 Å². The lowest BCUT2D eigenvalue weighted by atomic mass is 9.95. The van der Waals surface area contributed by atoms with Crippen molar-refractivity contribution in [1.29, 1.82) is 0 Å². The van der Waals surface area contributed by atoms with Crippen molar-refractivity contribution in [2.45, 2.75) is 113 Å². The Morgan fingerprint density at radius 3 is 1.88 bits per heavy atom. The molecule has 0 aromatic carbocycles. The van der Waals surface area contributed by atoms with Crippen LogP contribution in [0.5, 0.6) is 0 Å². The fourth-order valence-electron chi connectivity index (χ4n) is 4.34. The van der Waals surface area contributed by atoms with Crippen LogP contribution in [0, 0.1) is 0 Å². The van der Waals surface area contributed by atoms with E-state index in [1.165, 1.54) is 20.8 Å². The summed E-state index contributed by atoms with van der Waals surface area (Å²) in [6.45, 7) is 3.31. The summed E-state index contributed by atoms with van der Waals surface area (Å²) in [6, 6.07) is -5.60. The third-order valence-corrected chi connectivity index (χ3v) is 6.95. The zero-order valence-electron chi connectivity index (χ0n) is 23.9. The average molecular weight is 626 g/mol. The minimum atomic E-state index is -1.88. The number of aliphatic hydroxyl groups excluding tert-OH is 6. The normalized spacial score (nSPS) is 35.6. The lowest BCUT2D eigenvalue weighted by molar-refractivity contribution is -0.347. The molecule has 0 aliphatic carbocycles. The zero-order valence-corrected chi connectivity index (χ0v) is 23.9. The molecule has 0 saturated carbocycles. The van der Waals surface area contributed by atoms with Crippen LogP contribution in [-0.2, 0) is 38.1 Å². The van der Waals surface area contributed by atoms with Crippen molar-refractivity contribution in [3.8, 4) is 0 Å². The highest BCUT2D eigenvalue weighted by molar-refractivity contribution is 5.91. The third kappa shape index (κ3) is 9.22. The molecule has 2 fully saturated rings. The molecule has 11 N–H and O–H groups in total. The van der Waals surface area contributed by atoms with Crippen LogP contribution in [0.4, 0.5) is 0 Å². The minimum absolute atomic E-state index is 0.678. The topological polar surface area (TPSA) is 307 Å². The van der Waals surface area contributed by atoms with Gasteiger partial charge in [-0.25, -0.2) is 5.73 Å². The highest BCUT2D eigenvalue weighted by Gasteiger charge is 2.52. The molecule has 0 aromatic heterocycles. The molecule has 2 heterocycles. The van der Waals surface area contributed by atoms with Gasteiger partial charge in [-0.05, 0) is 20.8 Å². The maximum atomic E-state index is 12.7. The summed E-state index contributed by atoms with van der Waals surface area (Å²) in [7, 11) is 0. The molecule has 5 unspecified atom stereocenters. The molecule has 0 bridgehead atoms. The summed E-state index contributed by atoms with van der Waals surface area (Å²) < 4.78 is 22.4. The highest BCUT2D eigenvalue weighted by Crippen LogP contribution is 2.30. The van der Waals surface area contributed by atoms with Gasteiger partial charge < -0.3 is 70.6 Å². The van der Waals surface area contributed by atoms with Gasteiger partial charge in [-0.1, -0.05) is 0 Å². The van der Waals surface area contributed by atoms with Crippen LogP contribution >= 0.6 is 0 Å². The third-order valence-electron chi connectivity index (χ3n) is 6.95. The number of aliphatic hydroxyl groups is 6.